The zero-order valence-corrected chi connectivity index (χ0v) is 14.7. The molecule has 3 aromatic rings. The number of nitrogens with zero attached hydrogens (tertiary/aromatic N) is 3. The molecule has 0 radical (unpaired) electrons. The molecule has 2 aromatic heterocycles. The number of anilines is 1. The molecule has 0 spiro atoms. The van der Waals surface area contributed by atoms with Gasteiger partial charge in [0, 0.05) is 5.69 Å². The van der Waals surface area contributed by atoms with E-state index in [2.05, 4.69) is 15.5 Å². The van der Waals surface area contributed by atoms with Crippen LogP contribution in [0.15, 0.2) is 52.2 Å². The minimum Gasteiger partial charge on any atom is -0.461 e. The Morgan fingerprint density at radius 1 is 1.30 bits per heavy atom. The first-order valence-electron chi connectivity index (χ1n) is 7.65. The van der Waals surface area contributed by atoms with Crippen LogP contribution in [0.4, 0.5) is 18.9 Å². The van der Waals surface area contributed by atoms with Gasteiger partial charge in [0.25, 0.3) is 0 Å². The van der Waals surface area contributed by atoms with Crippen molar-refractivity contribution in [1.82, 2.24) is 14.9 Å². The van der Waals surface area contributed by atoms with E-state index in [9.17, 15) is 18.0 Å². The number of halogens is 3. The number of thioether (sulfide) groups is 1. The lowest BCUT2D eigenvalue weighted by Gasteiger charge is -2.13. The normalized spacial score (nSPS) is 12.7. The van der Waals surface area contributed by atoms with Crippen LogP contribution in [0.25, 0.3) is 11.6 Å². The Kier molecular flexibility index (Phi) is 5.13. The molecular weight excluding hydrogens is 383 g/mol. The molecule has 0 unspecified atom stereocenters. The Labute approximate surface area is 155 Å². The number of hydrogen-bond acceptors (Lipinski definition) is 6. The molecule has 1 aromatic carbocycles. The number of furan rings is 1. The fraction of sp³-hybridized carbons (Fsp3) is 0.188. The van der Waals surface area contributed by atoms with Crippen LogP contribution in [0.5, 0.6) is 0 Å². The molecule has 11 heteroatoms. The number of carbonyl (C=O) groups is 1. The van der Waals surface area contributed by atoms with Crippen molar-refractivity contribution in [3.05, 3.63) is 48.2 Å². The Balaban J connectivity index is 1.68. The van der Waals surface area contributed by atoms with Gasteiger partial charge < -0.3 is 15.6 Å². The van der Waals surface area contributed by atoms with Crippen molar-refractivity contribution in [2.75, 3.05) is 11.2 Å². The quantitative estimate of drug-likeness (QED) is 0.506. The Morgan fingerprint density at radius 3 is 2.74 bits per heavy atom. The summed E-state index contributed by atoms with van der Waals surface area (Å²) in [5.74, 6) is 6.12. The van der Waals surface area contributed by atoms with Gasteiger partial charge in [0.1, 0.15) is 0 Å². The summed E-state index contributed by atoms with van der Waals surface area (Å²) in [5, 5.41) is 9.84. The Hall–Kier alpha value is -2.95. The number of nitrogens with two attached hydrogens (primary N) is 1. The van der Waals surface area contributed by atoms with E-state index in [1.807, 2.05) is 0 Å². The van der Waals surface area contributed by atoms with E-state index in [1.54, 1.807) is 19.1 Å². The van der Waals surface area contributed by atoms with Crippen LogP contribution in [0.2, 0.25) is 0 Å². The number of aromatic nitrogens is 3. The van der Waals surface area contributed by atoms with Crippen molar-refractivity contribution in [2.45, 2.75) is 23.5 Å². The van der Waals surface area contributed by atoms with E-state index < -0.39 is 22.9 Å². The van der Waals surface area contributed by atoms with Gasteiger partial charge in [0.2, 0.25) is 16.9 Å². The highest BCUT2D eigenvalue weighted by Crippen LogP contribution is 2.31. The highest BCUT2D eigenvalue weighted by Gasteiger charge is 2.30. The van der Waals surface area contributed by atoms with Crippen molar-refractivity contribution >= 4 is 23.4 Å². The number of alkyl halides is 3. The lowest BCUT2D eigenvalue weighted by molar-refractivity contribution is -0.137. The van der Waals surface area contributed by atoms with Crippen LogP contribution in [0.3, 0.4) is 0 Å². The van der Waals surface area contributed by atoms with Crippen molar-refractivity contribution in [3.63, 3.8) is 0 Å². The van der Waals surface area contributed by atoms with E-state index in [0.29, 0.717) is 5.76 Å². The van der Waals surface area contributed by atoms with Gasteiger partial charge in [0.05, 0.1) is 17.1 Å². The summed E-state index contributed by atoms with van der Waals surface area (Å²) in [7, 11) is 0. The van der Waals surface area contributed by atoms with E-state index >= 15 is 0 Å². The summed E-state index contributed by atoms with van der Waals surface area (Å²) in [6.07, 6.45) is -3.03. The number of benzene rings is 1. The molecule has 0 aliphatic carbocycles. The van der Waals surface area contributed by atoms with Crippen molar-refractivity contribution < 1.29 is 22.4 Å². The number of amides is 1. The van der Waals surface area contributed by atoms with Gasteiger partial charge in [-0.05, 0) is 37.3 Å². The van der Waals surface area contributed by atoms with Gasteiger partial charge in [-0.25, -0.2) is 4.68 Å². The summed E-state index contributed by atoms with van der Waals surface area (Å²) < 4.78 is 44.7. The molecule has 7 nitrogen and oxygen atoms in total. The average Bonchev–Trinajstić information content (AvgIpc) is 3.25. The fourth-order valence-corrected chi connectivity index (χ4v) is 2.93. The summed E-state index contributed by atoms with van der Waals surface area (Å²) in [6, 6.07) is 7.73. The SMILES string of the molecule is C[C@H](Sc1nnc(-c2ccco2)n1N)C(=O)Nc1cccc(C(F)(F)F)c1. The molecule has 0 bridgehead atoms. The Morgan fingerprint density at radius 2 is 2.07 bits per heavy atom. The maximum atomic E-state index is 12.8. The van der Waals surface area contributed by atoms with Crippen LogP contribution in [0.1, 0.15) is 12.5 Å². The second-order valence-corrected chi connectivity index (χ2v) is 6.79. The number of rotatable bonds is 5. The summed E-state index contributed by atoms with van der Waals surface area (Å²) in [6.45, 7) is 1.58. The van der Waals surface area contributed by atoms with Crippen molar-refractivity contribution in [1.29, 1.82) is 0 Å². The largest absolute Gasteiger partial charge is 0.461 e. The molecule has 1 atom stereocenters. The molecule has 2 heterocycles. The van der Waals surface area contributed by atoms with Crippen LogP contribution in [0, 0.1) is 0 Å². The zero-order chi connectivity index (χ0) is 19.6. The maximum Gasteiger partial charge on any atom is 0.416 e. The molecule has 3 rings (SSSR count). The third-order valence-corrected chi connectivity index (χ3v) is 4.57. The second kappa shape index (κ2) is 7.35. The lowest BCUT2D eigenvalue weighted by atomic mass is 10.2. The number of nitrogens with one attached hydrogen (secondary N) is 1. The molecule has 27 heavy (non-hydrogen) atoms. The molecule has 0 saturated heterocycles. The van der Waals surface area contributed by atoms with Gasteiger partial charge in [-0.3, -0.25) is 4.79 Å². The van der Waals surface area contributed by atoms with Gasteiger partial charge >= 0.3 is 6.18 Å². The average molecular weight is 397 g/mol. The summed E-state index contributed by atoms with van der Waals surface area (Å²) in [4.78, 5) is 12.3. The van der Waals surface area contributed by atoms with E-state index in [-0.39, 0.29) is 16.7 Å². The minimum absolute atomic E-state index is 0.0489. The highest BCUT2D eigenvalue weighted by atomic mass is 32.2. The van der Waals surface area contributed by atoms with E-state index in [1.165, 1.54) is 23.1 Å². The third kappa shape index (κ3) is 4.25. The van der Waals surface area contributed by atoms with Crippen molar-refractivity contribution in [3.8, 4) is 11.6 Å². The number of carbonyl (C=O) groups excluding carboxylic acids is 1. The van der Waals surface area contributed by atoms with Gasteiger partial charge in [-0.1, -0.05) is 17.8 Å². The first-order valence-corrected chi connectivity index (χ1v) is 8.53. The molecule has 0 fully saturated rings. The predicted octanol–water partition coefficient (Wildman–Crippen LogP) is 3.39. The minimum atomic E-state index is -4.49. The van der Waals surface area contributed by atoms with Crippen LogP contribution in [-0.4, -0.2) is 26.0 Å². The molecule has 0 aliphatic heterocycles. The van der Waals surface area contributed by atoms with Gasteiger partial charge in [-0.2, -0.15) is 13.2 Å². The fourth-order valence-electron chi connectivity index (χ4n) is 2.16. The molecule has 0 aliphatic rings. The highest BCUT2D eigenvalue weighted by molar-refractivity contribution is 8.00. The molecular formula is C16H14F3N5O2S. The topological polar surface area (TPSA) is 99.0 Å². The second-order valence-electron chi connectivity index (χ2n) is 5.48. The van der Waals surface area contributed by atoms with E-state index in [0.717, 1.165) is 23.9 Å². The van der Waals surface area contributed by atoms with Crippen LogP contribution >= 0.6 is 11.8 Å². The maximum absolute atomic E-state index is 12.8. The third-order valence-electron chi connectivity index (χ3n) is 3.51. The smallest absolute Gasteiger partial charge is 0.416 e. The number of nitrogen functional groups attached to an aromatic ring is 1. The first kappa shape index (κ1) is 18.8. The summed E-state index contributed by atoms with van der Waals surface area (Å²) >= 11 is 1.01. The standard InChI is InChI=1S/C16H14F3N5O2S/c1-9(14(25)21-11-5-2-4-10(8-11)16(17,18)19)27-15-23-22-13(24(15)20)12-6-3-7-26-12/h2-9H,20H2,1H3,(H,21,25)/t9-/m0/s1. The lowest BCUT2D eigenvalue weighted by Crippen LogP contribution is -2.24. The molecule has 1 amide bonds. The Bertz CT molecular complexity index is 940. The van der Waals surface area contributed by atoms with Gasteiger partial charge in [0.15, 0.2) is 5.76 Å². The van der Waals surface area contributed by atoms with Crippen molar-refractivity contribution in [2.24, 2.45) is 0 Å². The molecule has 3 N–H and O–H groups in total. The number of hydrogen-bond donors (Lipinski definition) is 2. The predicted molar refractivity (Wildman–Crippen MR) is 93.3 cm³/mol. The zero-order valence-electron chi connectivity index (χ0n) is 13.9. The molecule has 142 valence electrons. The first-order chi connectivity index (χ1) is 12.8. The van der Waals surface area contributed by atoms with Crippen LogP contribution < -0.4 is 11.2 Å². The van der Waals surface area contributed by atoms with Gasteiger partial charge in [-0.15, -0.1) is 10.2 Å². The van der Waals surface area contributed by atoms with Crippen LogP contribution in [-0.2, 0) is 11.0 Å². The monoisotopic (exact) mass is 397 g/mol. The molecule has 0 saturated carbocycles. The van der Waals surface area contributed by atoms with E-state index in [4.69, 9.17) is 10.3 Å². The summed E-state index contributed by atoms with van der Waals surface area (Å²) in [5.41, 5.74) is -0.793.